The number of nitrogens with zero attached hydrogens (tertiary/aromatic N) is 1. The molecule has 3 heterocycles. The molecule has 1 spiro atoms. The molecule has 174 valence electrons. The van der Waals surface area contributed by atoms with Gasteiger partial charge in [0, 0.05) is 17.8 Å². The van der Waals surface area contributed by atoms with E-state index >= 15 is 0 Å². The molecule has 3 N–H and O–H groups in total. The zero-order valence-corrected chi connectivity index (χ0v) is 19.7. The molecule has 1 aromatic carbocycles. The van der Waals surface area contributed by atoms with Gasteiger partial charge in [-0.2, -0.15) is 0 Å². The molecule has 3 aliphatic heterocycles. The van der Waals surface area contributed by atoms with Gasteiger partial charge in [-0.1, -0.05) is 37.3 Å². The van der Waals surface area contributed by atoms with Crippen molar-refractivity contribution >= 4 is 29.5 Å². The summed E-state index contributed by atoms with van der Waals surface area (Å²) in [6.45, 7) is 5.92. The Morgan fingerprint density at radius 3 is 2.59 bits per heavy atom. The quantitative estimate of drug-likeness (QED) is 0.550. The number of thioether (sulfide) groups is 1. The lowest BCUT2D eigenvalue weighted by molar-refractivity contribution is -0.143. The Bertz CT molecular complexity index is 875. The largest absolute Gasteiger partial charge is 0.394 e. The number of fused-ring (bicyclic) bond motifs is 1. The lowest BCUT2D eigenvalue weighted by Crippen LogP contribution is -2.57. The summed E-state index contributed by atoms with van der Waals surface area (Å²) in [7, 11) is 0. The smallest absolute Gasteiger partial charge is 0.244 e. The minimum Gasteiger partial charge on any atom is -0.394 e. The predicted molar refractivity (Wildman–Crippen MR) is 124 cm³/mol. The molecule has 1 aromatic rings. The van der Waals surface area contributed by atoms with E-state index in [2.05, 4.69) is 10.6 Å². The van der Waals surface area contributed by atoms with Crippen molar-refractivity contribution in [2.75, 3.05) is 6.61 Å². The van der Waals surface area contributed by atoms with Gasteiger partial charge in [0.25, 0.3) is 0 Å². The Hall–Kier alpha value is -2.06. The van der Waals surface area contributed by atoms with Crippen LogP contribution in [0.2, 0.25) is 0 Å². The fraction of sp³-hybridized carbons (Fsp3) is 0.625. The van der Waals surface area contributed by atoms with Crippen LogP contribution in [-0.2, 0) is 20.9 Å². The molecule has 3 saturated heterocycles. The maximum absolute atomic E-state index is 13.8. The van der Waals surface area contributed by atoms with Crippen molar-refractivity contribution in [3.05, 3.63) is 35.9 Å². The summed E-state index contributed by atoms with van der Waals surface area (Å²) in [5, 5.41) is 16.0. The van der Waals surface area contributed by atoms with Crippen molar-refractivity contribution < 1.29 is 19.5 Å². The highest BCUT2D eigenvalue weighted by Crippen LogP contribution is 2.66. The third-order valence-electron chi connectivity index (χ3n) is 7.11. The van der Waals surface area contributed by atoms with Gasteiger partial charge in [-0.25, -0.2) is 0 Å². The van der Waals surface area contributed by atoms with Crippen LogP contribution in [0.4, 0.5) is 0 Å². The Kier molecular flexibility index (Phi) is 6.54. The second-order valence-corrected chi connectivity index (χ2v) is 11.0. The van der Waals surface area contributed by atoms with Crippen LogP contribution in [0.25, 0.3) is 0 Å². The van der Waals surface area contributed by atoms with E-state index in [1.54, 1.807) is 16.7 Å². The minimum atomic E-state index is -0.665. The van der Waals surface area contributed by atoms with Gasteiger partial charge in [0.2, 0.25) is 17.7 Å². The van der Waals surface area contributed by atoms with E-state index in [9.17, 15) is 19.5 Å². The van der Waals surface area contributed by atoms with Gasteiger partial charge >= 0.3 is 0 Å². The van der Waals surface area contributed by atoms with Crippen molar-refractivity contribution in [3.8, 4) is 0 Å². The summed E-state index contributed by atoms with van der Waals surface area (Å²) in [5.41, 5.74) is 1.01. The van der Waals surface area contributed by atoms with E-state index in [-0.39, 0.29) is 35.6 Å². The average molecular weight is 460 g/mol. The first kappa shape index (κ1) is 23.1. The average Bonchev–Trinajstić information content (AvgIpc) is 3.41. The van der Waals surface area contributed by atoms with Gasteiger partial charge in [0.05, 0.1) is 29.2 Å². The molecular weight excluding hydrogens is 426 g/mol. The van der Waals surface area contributed by atoms with Crippen molar-refractivity contribution in [2.24, 2.45) is 11.8 Å². The highest BCUT2D eigenvalue weighted by molar-refractivity contribution is 8.02. The van der Waals surface area contributed by atoms with Crippen LogP contribution in [0.3, 0.4) is 0 Å². The number of aliphatic hydroxyl groups is 1. The van der Waals surface area contributed by atoms with Gasteiger partial charge in [-0.3, -0.25) is 14.4 Å². The van der Waals surface area contributed by atoms with Crippen LogP contribution < -0.4 is 10.6 Å². The highest BCUT2D eigenvalue weighted by atomic mass is 32.2. The number of amides is 3. The van der Waals surface area contributed by atoms with Crippen molar-refractivity contribution in [1.29, 1.82) is 0 Å². The molecule has 3 fully saturated rings. The van der Waals surface area contributed by atoms with Crippen molar-refractivity contribution in [3.63, 3.8) is 0 Å². The molecule has 6 atom stereocenters. The Labute approximate surface area is 193 Å². The molecule has 2 unspecified atom stereocenters. The second-order valence-electron chi connectivity index (χ2n) is 9.41. The van der Waals surface area contributed by atoms with E-state index in [1.165, 1.54) is 0 Å². The number of rotatable bonds is 8. The van der Waals surface area contributed by atoms with Gasteiger partial charge < -0.3 is 20.6 Å². The fourth-order valence-electron chi connectivity index (χ4n) is 5.76. The van der Waals surface area contributed by atoms with Gasteiger partial charge in [0.1, 0.15) is 6.04 Å². The van der Waals surface area contributed by atoms with Crippen LogP contribution >= 0.6 is 11.8 Å². The Morgan fingerprint density at radius 2 is 1.97 bits per heavy atom. The van der Waals surface area contributed by atoms with Crippen LogP contribution in [0.15, 0.2) is 30.3 Å². The van der Waals surface area contributed by atoms with Crippen LogP contribution in [0, 0.1) is 11.8 Å². The van der Waals surface area contributed by atoms with Gasteiger partial charge in [-0.05, 0) is 38.7 Å². The number of aliphatic hydroxyl groups excluding tert-OH is 1. The standard InChI is InChI=1S/C24H33N3O4S/c1-4-16(13-28)27-20(22(30)26-14(2)3)24-11-10-17(32-24)18(19(24)23(27)31)21(29)25-12-15-8-6-5-7-9-15/h5-9,14,16-20,28H,4,10-13H2,1-3H3,(H,25,29)(H,26,30)/t16-,17-,18+,19-,20?,24?/m0/s1. The molecule has 32 heavy (non-hydrogen) atoms. The summed E-state index contributed by atoms with van der Waals surface area (Å²) >= 11 is 1.65. The van der Waals surface area contributed by atoms with Crippen LogP contribution in [0.5, 0.6) is 0 Å². The lowest BCUT2D eigenvalue weighted by Gasteiger charge is -2.37. The predicted octanol–water partition coefficient (Wildman–Crippen LogP) is 1.69. The van der Waals surface area contributed by atoms with Gasteiger partial charge in [0.15, 0.2) is 0 Å². The second kappa shape index (κ2) is 9.06. The van der Waals surface area contributed by atoms with E-state index in [0.29, 0.717) is 13.0 Å². The number of benzene rings is 1. The Morgan fingerprint density at radius 1 is 1.25 bits per heavy atom. The molecular formula is C24H33N3O4S. The summed E-state index contributed by atoms with van der Waals surface area (Å²) in [4.78, 5) is 42.0. The zero-order chi connectivity index (χ0) is 23.0. The number of carbonyl (C=O) groups excluding carboxylic acids is 3. The number of nitrogens with one attached hydrogen (secondary N) is 2. The van der Waals surface area contributed by atoms with Crippen LogP contribution in [-0.4, -0.2) is 62.5 Å². The third kappa shape index (κ3) is 3.71. The maximum atomic E-state index is 13.8. The topological polar surface area (TPSA) is 98.7 Å². The first-order valence-corrected chi connectivity index (χ1v) is 12.4. The molecule has 0 aliphatic carbocycles. The first-order valence-electron chi connectivity index (χ1n) is 11.6. The monoisotopic (exact) mass is 459 g/mol. The summed E-state index contributed by atoms with van der Waals surface area (Å²) in [6, 6.07) is 8.55. The van der Waals surface area contributed by atoms with E-state index in [1.807, 2.05) is 51.1 Å². The SMILES string of the molecule is CC[C@@H](CO)N1C(=O)[C@@H]2[C@H](C(=O)NCc3ccccc3)[C@@H]3CCC2(S3)C1C(=O)NC(C)C. The number of likely N-dealkylation sites (tertiary alicyclic amines) is 1. The van der Waals surface area contributed by atoms with Crippen molar-refractivity contribution in [1.82, 2.24) is 15.5 Å². The normalized spacial score (nSPS) is 31.7. The van der Waals surface area contributed by atoms with Gasteiger partial charge in [-0.15, -0.1) is 11.8 Å². The van der Waals surface area contributed by atoms with Crippen LogP contribution in [0.1, 0.15) is 45.6 Å². The molecule has 0 radical (unpaired) electrons. The first-order chi connectivity index (χ1) is 15.3. The summed E-state index contributed by atoms with van der Waals surface area (Å²) in [5.74, 6) is -1.45. The molecule has 3 amide bonds. The molecule has 7 nitrogen and oxygen atoms in total. The number of hydrogen-bond acceptors (Lipinski definition) is 5. The molecule has 0 saturated carbocycles. The molecule has 8 heteroatoms. The Balaban J connectivity index is 1.64. The summed E-state index contributed by atoms with van der Waals surface area (Å²) in [6.07, 6.45) is 2.10. The number of carbonyl (C=O) groups is 3. The molecule has 3 aliphatic rings. The third-order valence-corrected chi connectivity index (χ3v) is 9.06. The van der Waals surface area contributed by atoms with E-state index < -0.39 is 28.7 Å². The minimum absolute atomic E-state index is 0.0328. The fourth-order valence-corrected chi connectivity index (χ4v) is 7.97. The zero-order valence-electron chi connectivity index (χ0n) is 18.9. The van der Waals surface area contributed by atoms with Crippen molar-refractivity contribution in [2.45, 2.75) is 74.7 Å². The molecule has 2 bridgehead atoms. The van der Waals surface area contributed by atoms with E-state index in [4.69, 9.17) is 0 Å². The number of hydrogen-bond donors (Lipinski definition) is 3. The lowest BCUT2D eigenvalue weighted by atomic mass is 9.70. The maximum Gasteiger partial charge on any atom is 0.244 e. The highest BCUT2D eigenvalue weighted by Gasteiger charge is 2.74. The molecule has 4 rings (SSSR count). The summed E-state index contributed by atoms with van der Waals surface area (Å²) < 4.78 is -0.613. The molecule has 0 aromatic heterocycles. The van der Waals surface area contributed by atoms with E-state index in [0.717, 1.165) is 18.4 Å².